The van der Waals surface area contributed by atoms with E-state index in [4.69, 9.17) is 0 Å². The van der Waals surface area contributed by atoms with Gasteiger partial charge in [-0.1, -0.05) is 0 Å². The zero-order valence-corrected chi connectivity index (χ0v) is 13.3. The fourth-order valence-corrected chi connectivity index (χ4v) is 2.72. The Morgan fingerprint density at radius 3 is 3.00 bits per heavy atom. The summed E-state index contributed by atoms with van der Waals surface area (Å²) in [6.07, 6.45) is 3.74. The Morgan fingerprint density at radius 2 is 2.20 bits per heavy atom. The van der Waals surface area contributed by atoms with E-state index in [9.17, 15) is 14.4 Å². The van der Waals surface area contributed by atoms with Crippen molar-refractivity contribution < 1.29 is 4.79 Å². The van der Waals surface area contributed by atoms with E-state index in [1.54, 1.807) is 18.2 Å². The second-order valence-corrected chi connectivity index (χ2v) is 6.03. The number of nitrogens with one attached hydrogen (secondary N) is 3. The highest BCUT2D eigenvalue weighted by Gasteiger charge is 2.26. The summed E-state index contributed by atoms with van der Waals surface area (Å²) in [5.41, 5.74) is 0.547. The number of carbonyl (C=O) groups is 1. The highest BCUT2D eigenvalue weighted by atomic mass is 16.2. The smallest absolute Gasteiger partial charge is 0.330 e. The Bertz CT molecular complexity index is 1060. The Labute approximate surface area is 141 Å². The van der Waals surface area contributed by atoms with Crippen molar-refractivity contribution >= 4 is 16.9 Å². The Hall–Kier alpha value is -3.23. The van der Waals surface area contributed by atoms with Crippen LogP contribution in [0.25, 0.3) is 11.0 Å². The predicted octanol–water partition coefficient (Wildman–Crippen LogP) is 0.115. The van der Waals surface area contributed by atoms with Gasteiger partial charge in [-0.05, 0) is 31.0 Å². The second kappa shape index (κ2) is 6.00. The van der Waals surface area contributed by atoms with Gasteiger partial charge < -0.3 is 5.32 Å². The molecular weight excluding hydrogens is 324 g/mol. The average molecular weight is 340 g/mol. The maximum atomic E-state index is 12.4. The van der Waals surface area contributed by atoms with E-state index in [0.29, 0.717) is 17.0 Å². The molecule has 9 nitrogen and oxygen atoms in total. The van der Waals surface area contributed by atoms with Gasteiger partial charge in [0.1, 0.15) is 11.3 Å². The van der Waals surface area contributed by atoms with Gasteiger partial charge in [-0.25, -0.2) is 9.78 Å². The third-order valence-electron chi connectivity index (χ3n) is 4.22. The molecule has 25 heavy (non-hydrogen) atoms. The zero-order valence-electron chi connectivity index (χ0n) is 13.3. The van der Waals surface area contributed by atoms with Crippen LogP contribution in [-0.2, 0) is 6.54 Å². The molecule has 1 fully saturated rings. The van der Waals surface area contributed by atoms with Crippen LogP contribution < -0.4 is 16.6 Å². The van der Waals surface area contributed by atoms with Crippen molar-refractivity contribution in [3.05, 3.63) is 56.6 Å². The topological polar surface area (TPSA) is 126 Å². The van der Waals surface area contributed by atoms with Crippen LogP contribution >= 0.6 is 0 Å². The Kier molecular flexibility index (Phi) is 3.68. The molecular formula is C16H16N6O3. The standard InChI is InChI=1S/C16H16N6O3/c23-14(12-8-11(20-21-12)9-3-4-9)18-6-7-22-15(24)10-2-1-5-17-13(10)19-16(22)25/h1-2,5,8-9H,3-4,6-7H2,(H,18,23)(H,20,21)(H,17,19,25). The number of nitrogens with zero attached hydrogens (tertiary/aromatic N) is 3. The van der Waals surface area contributed by atoms with Gasteiger partial charge in [-0.2, -0.15) is 5.10 Å². The van der Waals surface area contributed by atoms with Crippen molar-refractivity contribution in [3.8, 4) is 0 Å². The van der Waals surface area contributed by atoms with E-state index >= 15 is 0 Å². The van der Waals surface area contributed by atoms with E-state index in [1.807, 2.05) is 0 Å². The fraction of sp³-hybridized carbons (Fsp3) is 0.312. The van der Waals surface area contributed by atoms with Gasteiger partial charge in [0.2, 0.25) is 0 Å². The molecule has 3 N–H and O–H groups in total. The van der Waals surface area contributed by atoms with Crippen LogP contribution in [0.1, 0.15) is 34.9 Å². The van der Waals surface area contributed by atoms with Gasteiger partial charge in [0, 0.05) is 30.9 Å². The second-order valence-electron chi connectivity index (χ2n) is 6.03. The van der Waals surface area contributed by atoms with E-state index in [2.05, 4.69) is 25.5 Å². The number of fused-ring (bicyclic) bond motifs is 1. The molecule has 128 valence electrons. The molecule has 0 unspecified atom stereocenters. The quantitative estimate of drug-likeness (QED) is 0.608. The van der Waals surface area contributed by atoms with Gasteiger partial charge in [-0.15, -0.1) is 0 Å². The molecule has 1 amide bonds. The van der Waals surface area contributed by atoms with E-state index < -0.39 is 11.2 Å². The molecule has 9 heteroatoms. The van der Waals surface area contributed by atoms with Crippen LogP contribution in [0.3, 0.4) is 0 Å². The molecule has 3 heterocycles. The number of H-pyrrole nitrogens is 2. The lowest BCUT2D eigenvalue weighted by Gasteiger charge is -2.06. The van der Waals surface area contributed by atoms with Gasteiger partial charge in [-0.3, -0.25) is 24.2 Å². The number of aromatic nitrogens is 5. The maximum Gasteiger partial charge on any atom is 0.330 e. The van der Waals surface area contributed by atoms with Crippen LogP contribution in [0.5, 0.6) is 0 Å². The third kappa shape index (κ3) is 2.95. The number of hydrogen-bond acceptors (Lipinski definition) is 5. The lowest BCUT2D eigenvalue weighted by Crippen LogP contribution is -2.39. The summed E-state index contributed by atoms with van der Waals surface area (Å²) in [5.74, 6) is 0.146. The van der Waals surface area contributed by atoms with Gasteiger partial charge >= 0.3 is 5.69 Å². The summed E-state index contributed by atoms with van der Waals surface area (Å²) in [7, 11) is 0. The molecule has 0 atom stereocenters. The lowest BCUT2D eigenvalue weighted by atomic mass is 10.2. The van der Waals surface area contributed by atoms with E-state index in [-0.39, 0.29) is 24.6 Å². The summed E-state index contributed by atoms with van der Waals surface area (Å²) in [6, 6.07) is 4.97. The van der Waals surface area contributed by atoms with Crippen LogP contribution in [0.15, 0.2) is 34.0 Å². The van der Waals surface area contributed by atoms with Crippen molar-refractivity contribution in [1.29, 1.82) is 0 Å². The SMILES string of the molecule is O=C(NCCn1c(=O)[nH]c2ncccc2c1=O)c1cc(C2CC2)[nH]n1. The molecule has 0 radical (unpaired) electrons. The third-order valence-corrected chi connectivity index (χ3v) is 4.22. The van der Waals surface area contributed by atoms with Crippen LogP contribution in [0, 0.1) is 0 Å². The maximum absolute atomic E-state index is 12.4. The molecule has 0 aromatic carbocycles. The lowest BCUT2D eigenvalue weighted by molar-refractivity contribution is 0.0947. The molecule has 1 saturated carbocycles. The van der Waals surface area contributed by atoms with Crippen LogP contribution in [0.2, 0.25) is 0 Å². The molecule has 3 aromatic rings. The first-order valence-corrected chi connectivity index (χ1v) is 8.05. The molecule has 1 aliphatic rings. The average Bonchev–Trinajstić information content (AvgIpc) is 3.34. The van der Waals surface area contributed by atoms with Crippen molar-refractivity contribution in [2.45, 2.75) is 25.3 Å². The number of carbonyl (C=O) groups excluding carboxylic acids is 1. The monoisotopic (exact) mass is 340 g/mol. The minimum Gasteiger partial charge on any atom is -0.349 e. The predicted molar refractivity (Wildman–Crippen MR) is 89.5 cm³/mol. The fourth-order valence-electron chi connectivity index (χ4n) is 2.72. The number of aromatic amines is 2. The highest BCUT2D eigenvalue weighted by Crippen LogP contribution is 2.38. The molecule has 0 bridgehead atoms. The Morgan fingerprint density at radius 1 is 1.36 bits per heavy atom. The summed E-state index contributed by atoms with van der Waals surface area (Å²) in [4.78, 5) is 43.0. The van der Waals surface area contributed by atoms with Crippen LogP contribution in [-0.4, -0.2) is 37.2 Å². The number of rotatable bonds is 5. The number of amides is 1. The molecule has 0 spiro atoms. The molecule has 3 aromatic heterocycles. The van der Waals surface area contributed by atoms with Crippen molar-refractivity contribution in [2.75, 3.05) is 6.54 Å². The van der Waals surface area contributed by atoms with Gasteiger partial charge in [0.25, 0.3) is 11.5 Å². The van der Waals surface area contributed by atoms with Gasteiger partial charge in [0.15, 0.2) is 0 Å². The number of hydrogen-bond donors (Lipinski definition) is 3. The van der Waals surface area contributed by atoms with Crippen molar-refractivity contribution in [1.82, 2.24) is 30.0 Å². The molecule has 0 saturated heterocycles. The summed E-state index contributed by atoms with van der Waals surface area (Å²) in [5, 5.41) is 9.87. The molecule has 4 rings (SSSR count). The largest absolute Gasteiger partial charge is 0.349 e. The highest BCUT2D eigenvalue weighted by molar-refractivity contribution is 5.92. The first kappa shape index (κ1) is 15.3. The van der Waals surface area contributed by atoms with Crippen molar-refractivity contribution in [2.24, 2.45) is 0 Å². The molecule has 1 aliphatic carbocycles. The van der Waals surface area contributed by atoms with E-state index in [1.165, 1.54) is 6.20 Å². The molecule has 0 aliphatic heterocycles. The van der Waals surface area contributed by atoms with E-state index in [0.717, 1.165) is 23.1 Å². The zero-order chi connectivity index (χ0) is 17.4. The summed E-state index contributed by atoms with van der Waals surface area (Å²) >= 11 is 0. The summed E-state index contributed by atoms with van der Waals surface area (Å²) in [6.45, 7) is 0.198. The van der Waals surface area contributed by atoms with Crippen LogP contribution in [0.4, 0.5) is 0 Å². The number of pyridine rings is 1. The summed E-state index contributed by atoms with van der Waals surface area (Å²) < 4.78 is 1.05. The Balaban J connectivity index is 1.46. The first-order chi connectivity index (χ1) is 12.1. The van der Waals surface area contributed by atoms with Crippen molar-refractivity contribution in [3.63, 3.8) is 0 Å². The minimum atomic E-state index is -0.554. The first-order valence-electron chi connectivity index (χ1n) is 8.05. The minimum absolute atomic E-state index is 0.0602. The van der Waals surface area contributed by atoms with Gasteiger partial charge in [0.05, 0.1) is 5.39 Å². The normalized spacial score (nSPS) is 13.9.